The second kappa shape index (κ2) is 167. The lowest BCUT2D eigenvalue weighted by molar-refractivity contribution is 1.11. The van der Waals surface area contributed by atoms with E-state index in [1.54, 1.807) is 38.5 Å². The largest absolute Gasteiger partial charge is 0.330 e. The average molecular weight is 1860 g/mol. The van der Waals surface area contributed by atoms with Crippen LogP contribution >= 0.6 is 259 Å². The van der Waals surface area contributed by atoms with Crippen LogP contribution in [-0.4, -0.2) is 216 Å². The van der Waals surface area contributed by atoms with Crippen LogP contribution in [0, 0.1) is 0 Å². The van der Waals surface area contributed by atoms with Gasteiger partial charge in [-0.25, -0.2) is 0 Å². The van der Waals surface area contributed by atoms with Crippen LogP contribution in [0.1, 0.15) is 226 Å². The van der Waals surface area contributed by atoms with E-state index in [-0.39, 0.29) is 60.8 Å². The molecule has 0 saturated heterocycles. The minimum absolute atomic E-state index is 0.0869. The van der Waals surface area contributed by atoms with Gasteiger partial charge >= 0.3 is 0 Å². The fourth-order valence-electron chi connectivity index (χ4n) is 2.00. The van der Waals surface area contributed by atoms with Gasteiger partial charge in [0, 0.05) is 281 Å². The van der Waals surface area contributed by atoms with Crippen LogP contribution in [-0.2, 0) is 0 Å². The second-order valence-electron chi connectivity index (χ2n) is 12.8. The molecule has 12 nitrogen and oxygen atoms in total. The Morgan fingerprint density at radius 3 is 0.677 bits per heavy atom. The molecule has 96 heavy (non-hydrogen) atoms. The summed E-state index contributed by atoms with van der Waals surface area (Å²) in [6, 6.07) is 0. The maximum Gasteiger partial charge on any atom is 0.0434 e. The van der Waals surface area contributed by atoms with E-state index < -0.39 is 159 Å². The lowest BCUT2D eigenvalue weighted by Crippen LogP contribution is -1.99. The Kier molecular flexibility index (Phi) is 98.0. The standard InChI is InChI=1S/12C5H13NS2/c12*1-2-4-7-8-5-3-6/h12*2-6H2,1H3/i2D,3D2,4D,5D2;2D,3D2,4D,5D;3D2,4D,5D2;3D2,4D,5D;3D,4D,5D2;2D,3D2,5D2;2D,3D2,5D;2D,3D,5D2;3D,5D2;3D2,4D;2D,3D2;5D2. The molecule has 0 rings (SSSR count). The molecule has 24 N–H and O–H groups in total. The summed E-state index contributed by atoms with van der Waals surface area (Å²) in [6.45, 7) is 1.81. The molecule has 0 aromatic heterocycles. The summed E-state index contributed by atoms with van der Waals surface area (Å²) < 4.78 is 343. The van der Waals surface area contributed by atoms with Crippen molar-refractivity contribution in [1.82, 2.24) is 0 Å². The minimum atomic E-state index is -2.45. The van der Waals surface area contributed by atoms with Crippen molar-refractivity contribution in [1.29, 1.82) is 0 Å². The summed E-state index contributed by atoms with van der Waals surface area (Å²) in [5.41, 5.74) is 42.1. The Balaban J connectivity index is -0.000000132. The summed E-state index contributed by atoms with van der Waals surface area (Å²) in [4.78, 5) is 0. The summed E-state index contributed by atoms with van der Waals surface area (Å²) in [5, 5.41) is 0. The van der Waals surface area contributed by atoms with Crippen molar-refractivity contribution in [3.8, 4) is 0 Å². The SMILES string of the molecule is [2H]C(C)C([2H])SSC([2H])([2H])C([2H])([2H])N.[2H]C(C)C([2H])SSC([2H])C([2H])([2H])N.[2H]C(C)CSSC([2H])([2H])C([2H])([2H])N.[2H]C(C)CSSC([2H])([2H])C([2H])N.[2H]C(C)CSSC([2H])C([2H])([2H])N.[2H]C(C)CSSCC([2H])([2H])N.[2H]C(CC)SSC([2H])([2H])C([2H])([2H])N.[2H]C(CC)SSC([2H])([2H])C([2H])N.[2H]C(CC)SSC([2H])C([2H])([2H])N.[2H]C(CC)SSCC([2H])([2H])N.[2H]C(N)C([2H])([2H])SSCCC.[2H]C([2H])(CN)SSCCC. The zero-order valence-corrected chi connectivity index (χ0v) is 76.8. The molecule has 0 aliphatic rings. The average Bonchev–Trinajstić information content (AvgIpc) is 0.838. The predicted octanol–water partition coefficient (Wildman–Crippen LogP) is 20.8. The third kappa shape index (κ3) is 225. The fraction of sp³-hybridized carbons (Fsp3) is 1.00. The first-order valence-corrected chi connectivity index (χ1v) is 55.5. The molecule has 0 spiro atoms. The van der Waals surface area contributed by atoms with Gasteiger partial charge in [0.2, 0.25) is 0 Å². The molecule has 0 saturated carbocycles. The maximum absolute atomic E-state index is 7.34. The van der Waals surface area contributed by atoms with Crippen LogP contribution in [0.15, 0.2) is 0 Å². The van der Waals surface area contributed by atoms with Crippen molar-refractivity contribution < 1.29 is 65.8 Å². The third-order valence-corrected chi connectivity index (χ3v) is 27.7. The van der Waals surface area contributed by atoms with E-state index in [9.17, 15) is 0 Å². The van der Waals surface area contributed by atoms with Gasteiger partial charge in [-0.2, -0.15) is 0 Å². The van der Waals surface area contributed by atoms with Gasteiger partial charge in [-0.15, -0.1) is 0 Å². The highest BCUT2D eigenvalue weighted by molar-refractivity contribution is 8.79. The van der Waals surface area contributed by atoms with E-state index in [1.165, 1.54) is 104 Å². The highest BCUT2D eigenvalue weighted by Crippen LogP contribution is 2.26. The quantitative estimate of drug-likeness (QED) is 0.0199. The predicted molar refractivity (Wildman–Crippen MR) is 531 cm³/mol. The van der Waals surface area contributed by atoms with E-state index in [2.05, 4.69) is 6.92 Å². The first kappa shape index (κ1) is 56.2. The number of nitrogens with two attached hydrogens (primary N) is 12. The molecular weight excluding hydrogens is 1660 g/mol. The van der Waals surface area contributed by atoms with Crippen LogP contribution in [0.25, 0.3) is 0 Å². The van der Waals surface area contributed by atoms with Gasteiger partial charge in [0.1, 0.15) is 0 Å². The highest BCUT2D eigenvalue weighted by atomic mass is 33.1. The number of hydrogen-bond acceptors (Lipinski definition) is 36. The molecule has 0 aromatic carbocycles. The normalized spacial score (nSPS) is 25.2. The van der Waals surface area contributed by atoms with Crippen LogP contribution < -0.4 is 68.8 Å². The van der Waals surface area contributed by atoms with E-state index in [0.29, 0.717) is 58.1 Å². The van der Waals surface area contributed by atoms with E-state index >= 15 is 0 Å². The van der Waals surface area contributed by atoms with Gasteiger partial charge < -0.3 is 68.8 Å². The zero-order valence-electron chi connectivity index (χ0n) is 105. The highest BCUT2D eigenvalue weighted by Gasteiger charge is 1.91. The van der Waals surface area contributed by atoms with Crippen molar-refractivity contribution in [2.75, 3.05) is 216 Å². The minimum Gasteiger partial charge on any atom is -0.330 e. The number of hydrogen-bond donors (Lipinski definition) is 12. The monoisotopic (exact) mass is 1860 g/mol. The molecule has 18 unspecified atom stereocenters. The molecule has 0 aliphatic carbocycles. The zero-order chi connectivity index (χ0) is 117. The van der Waals surface area contributed by atoms with Gasteiger partial charge in [0.25, 0.3) is 0 Å². The van der Waals surface area contributed by atoms with E-state index in [4.69, 9.17) is 135 Å². The van der Waals surface area contributed by atoms with Gasteiger partial charge in [0.15, 0.2) is 0 Å². The molecule has 36 heteroatoms. The Morgan fingerprint density at radius 2 is 0.396 bits per heavy atom. The molecule has 18 atom stereocenters. The lowest BCUT2D eigenvalue weighted by Gasteiger charge is -1.93. The van der Waals surface area contributed by atoms with Gasteiger partial charge in [-0.05, 0) is 76.9 Å². The van der Waals surface area contributed by atoms with Crippen LogP contribution in [0.2, 0.25) is 0 Å². The van der Waals surface area contributed by atoms with Crippen LogP contribution in [0.3, 0.4) is 0 Å². The molecule has 0 amide bonds. The molecular formula is C60H156N12S24. The molecule has 0 fully saturated rings. The molecule has 600 valence electrons. The summed E-state index contributed by atoms with van der Waals surface area (Å²) in [7, 11) is 26.4. The van der Waals surface area contributed by atoms with Crippen LogP contribution in [0.4, 0.5) is 0 Å². The van der Waals surface area contributed by atoms with Gasteiger partial charge in [0.05, 0.1) is 0 Å². The molecule has 0 heterocycles. The van der Waals surface area contributed by atoms with Crippen molar-refractivity contribution >= 4 is 259 Å². The summed E-state index contributed by atoms with van der Waals surface area (Å²) >= 11 is 0. The van der Waals surface area contributed by atoms with Crippen molar-refractivity contribution in [3.63, 3.8) is 0 Å². The van der Waals surface area contributed by atoms with Gasteiger partial charge in [-0.3, -0.25) is 0 Å². The molecule has 0 aromatic rings. The Bertz CT molecular complexity index is 2890. The maximum atomic E-state index is 7.34. The second-order valence-corrected chi connectivity index (χ2v) is 38.9. The number of rotatable bonds is 60. The van der Waals surface area contributed by atoms with Crippen LogP contribution in [0.5, 0.6) is 0 Å². The van der Waals surface area contributed by atoms with Crippen molar-refractivity contribution in [2.24, 2.45) is 68.8 Å². The molecule has 0 bridgehead atoms. The van der Waals surface area contributed by atoms with E-state index in [1.807, 2.05) is 41.5 Å². The molecule has 0 radical (unpaired) electrons. The Hall–Kier alpha value is 7.92. The lowest BCUT2D eigenvalue weighted by atomic mass is 10.6. The summed E-state index contributed by atoms with van der Waals surface area (Å²) in [6.07, 6.45) is 2.89. The third-order valence-electron chi connectivity index (χ3n) is 4.97. The van der Waals surface area contributed by atoms with Crippen molar-refractivity contribution in [2.45, 2.75) is 160 Å². The topological polar surface area (TPSA) is 312 Å². The Morgan fingerprint density at radius 1 is 0.177 bits per heavy atom. The first-order valence-electron chi connectivity index (χ1n) is 53.2. The summed E-state index contributed by atoms with van der Waals surface area (Å²) in [5.74, 6) is 4.74. The first-order chi connectivity index (χ1) is 64.2. The van der Waals surface area contributed by atoms with Gasteiger partial charge in [-0.1, -0.05) is 342 Å². The van der Waals surface area contributed by atoms with E-state index in [0.717, 1.165) is 166 Å². The molecule has 0 aliphatic heterocycles. The Labute approximate surface area is 763 Å². The van der Waals surface area contributed by atoms with Crippen molar-refractivity contribution in [3.05, 3.63) is 0 Å². The smallest absolute Gasteiger partial charge is 0.0434 e. The fourth-order valence-corrected chi connectivity index (χ4v) is 18.0.